The van der Waals surface area contributed by atoms with Crippen molar-refractivity contribution in [2.75, 3.05) is 6.54 Å². The van der Waals surface area contributed by atoms with E-state index in [0.717, 1.165) is 38.1 Å². The van der Waals surface area contributed by atoms with Crippen LogP contribution in [-0.2, 0) is 6.42 Å². The quantitative estimate of drug-likeness (QED) is 0.341. The number of nitrogens with two attached hydrogens (primary N) is 2. The first kappa shape index (κ1) is 19.7. The Balaban J connectivity index is 1.58. The average molecular weight is 351 g/mol. The Morgan fingerprint density at radius 3 is 2.32 bits per heavy atom. The summed E-state index contributed by atoms with van der Waals surface area (Å²) in [5.41, 5.74) is 11.5. The zero-order valence-electron chi connectivity index (χ0n) is 15.9. The lowest BCUT2D eigenvalue weighted by Crippen LogP contribution is -2.35. The highest BCUT2D eigenvalue weighted by atomic mass is 16.5. The maximum absolute atomic E-state index is 5.73. The molecular formula is C19H36N5O+. The van der Waals surface area contributed by atoms with Crippen LogP contribution in [0, 0.1) is 0 Å². The summed E-state index contributed by atoms with van der Waals surface area (Å²) >= 11 is 0. The molecule has 0 radical (unpaired) electrons. The number of unbranched alkanes of at least 4 members (excludes halogenated alkanes) is 9. The molecule has 142 valence electrons. The van der Waals surface area contributed by atoms with Crippen molar-refractivity contribution in [1.29, 1.82) is 0 Å². The van der Waals surface area contributed by atoms with E-state index >= 15 is 0 Å². The second-order valence-corrected chi connectivity index (χ2v) is 7.26. The second kappa shape index (κ2) is 11.1. The first-order valence-corrected chi connectivity index (χ1v) is 10.2. The number of aromatic nitrogens is 2. The molecule has 0 aliphatic carbocycles. The van der Waals surface area contributed by atoms with Gasteiger partial charge in [-0.3, -0.25) is 16.0 Å². The molecule has 1 aromatic heterocycles. The van der Waals surface area contributed by atoms with E-state index in [2.05, 4.69) is 17.1 Å². The summed E-state index contributed by atoms with van der Waals surface area (Å²) in [4.78, 5) is 4.56. The lowest BCUT2D eigenvalue weighted by atomic mass is 10.1. The van der Waals surface area contributed by atoms with Gasteiger partial charge in [0.25, 0.3) is 5.89 Å². The molecule has 0 spiro atoms. The Kier molecular flexibility index (Phi) is 8.77. The SMILES string of the molecule is CCCCCCCCCCCCc1noc([C@@H]2CCC[N+]2=C(N)N)n1. The van der Waals surface area contributed by atoms with Crippen LogP contribution in [0.4, 0.5) is 0 Å². The minimum atomic E-state index is 0.0546. The number of guanidine groups is 1. The second-order valence-electron chi connectivity index (χ2n) is 7.26. The average Bonchev–Trinajstić information content (AvgIpc) is 3.25. The minimum absolute atomic E-state index is 0.0546. The highest BCUT2D eigenvalue weighted by Gasteiger charge is 2.31. The van der Waals surface area contributed by atoms with Crippen molar-refractivity contribution in [3.63, 3.8) is 0 Å². The van der Waals surface area contributed by atoms with E-state index in [1.54, 1.807) is 0 Å². The van der Waals surface area contributed by atoms with Crippen molar-refractivity contribution in [3.8, 4) is 0 Å². The first-order chi connectivity index (χ1) is 12.2. The van der Waals surface area contributed by atoms with Crippen molar-refractivity contribution in [2.45, 2.75) is 96.4 Å². The number of rotatable bonds is 12. The number of aryl methyl sites for hydroxylation is 1. The Labute approximate surface area is 152 Å². The predicted octanol–water partition coefficient (Wildman–Crippen LogP) is 3.65. The Bertz CT molecular complexity index is 522. The number of hydrogen-bond donors (Lipinski definition) is 2. The molecule has 1 aliphatic rings. The van der Waals surface area contributed by atoms with Gasteiger partial charge in [0.1, 0.15) is 0 Å². The fraction of sp³-hybridized carbons (Fsp3) is 0.842. The molecule has 0 saturated carbocycles. The molecule has 1 fully saturated rings. The maximum atomic E-state index is 5.73. The molecule has 1 aliphatic heterocycles. The molecule has 25 heavy (non-hydrogen) atoms. The molecule has 4 N–H and O–H groups in total. The van der Waals surface area contributed by atoms with Crippen LogP contribution in [0.15, 0.2) is 4.52 Å². The summed E-state index contributed by atoms with van der Waals surface area (Å²) in [5.74, 6) is 1.82. The monoisotopic (exact) mass is 350 g/mol. The van der Waals surface area contributed by atoms with Gasteiger partial charge in [-0.05, 0) is 19.3 Å². The van der Waals surface area contributed by atoms with Gasteiger partial charge in [-0.2, -0.15) is 4.98 Å². The highest BCUT2D eigenvalue weighted by molar-refractivity contribution is 5.70. The number of hydrogen-bond acceptors (Lipinski definition) is 3. The van der Waals surface area contributed by atoms with E-state index in [-0.39, 0.29) is 6.04 Å². The molecule has 1 saturated heterocycles. The third-order valence-electron chi connectivity index (χ3n) is 5.11. The summed E-state index contributed by atoms with van der Waals surface area (Å²) in [6, 6.07) is 0.0546. The smallest absolute Gasteiger partial charge is 0.335 e. The van der Waals surface area contributed by atoms with Gasteiger partial charge < -0.3 is 4.52 Å². The summed E-state index contributed by atoms with van der Waals surface area (Å²) in [6.45, 7) is 3.13. The van der Waals surface area contributed by atoms with E-state index < -0.39 is 0 Å². The number of nitrogens with zero attached hydrogens (tertiary/aromatic N) is 3. The van der Waals surface area contributed by atoms with Gasteiger partial charge in [0.15, 0.2) is 11.9 Å². The van der Waals surface area contributed by atoms with Crippen LogP contribution in [0.25, 0.3) is 0 Å². The van der Waals surface area contributed by atoms with E-state index in [4.69, 9.17) is 16.0 Å². The van der Waals surface area contributed by atoms with Crippen LogP contribution in [0.2, 0.25) is 0 Å². The summed E-state index contributed by atoms with van der Waals surface area (Å²) in [5, 5.41) is 4.13. The fourth-order valence-corrected chi connectivity index (χ4v) is 3.61. The van der Waals surface area contributed by atoms with E-state index in [1.807, 2.05) is 4.58 Å². The Hall–Kier alpha value is -1.59. The third-order valence-corrected chi connectivity index (χ3v) is 5.11. The summed E-state index contributed by atoms with van der Waals surface area (Å²) in [6.07, 6.45) is 16.3. The molecule has 6 nitrogen and oxygen atoms in total. The summed E-state index contributed by atoms with van der Waals surface area (Å²) in [7, 11) is 0. The lowest BCUT2D eigenvalue weighted by molar-refractivity contribution is -0.555. The van der Waals surface area contributed by atoms with Crippen molar-refractivity contribution in [2.24, 2.45) is 11.5 Å². The molecule has 1 aromatic rings. The van der Waals surface area contributed by atoms with Crippen LogP contribution in [-0.4, -0.2) is 27.2 Å². The van der Waals surface area contributed by atoms with Crippen molar-refractivity contribution < 1.29 is 9.10 Å². The van der Waals surface area contributed by atoms with Crippen LogP contribution >= 0.6 is 0 Å². The largest absolute Gasteiger partial charge is 0.341 e. The summed E-state index contributed by atoms with van der Waals surface area (Å²) < 4.78 is 7.40. The fourth-order valence-electron chi connectivity index (χ4n) is 3.61. The molecule has 1 atom stereocenters. The molecule has 2 rings (SSSR count). The normalized spacial score (nSPS) is 17.3. The van der Waals surface area contributed by atoms with Gasteiger partial charge in [0, 0.05) is 6.42 Å². The van der Waals surface area contributed by atoms with Gasteiger partial charge in [0.2, 0.25) is 0 Å². The minimum Gasteiger partial charge on any atom is -0.335 e. The molecule has 0 aromatic carbocycles. The van der Waals surface area contributed by atoms with E-state index in [9.17, 15) is 0 Å². The zero-order valence-corrected chi connectivity index (χ0v) is 15.9. The van der Waals surface area contributed by atoms with Crippen molar-refractivity contribution >= 4 is 5.96 Å². The van der Waals surface area contributed by atoms with E-state index in [0.29, 0.717) is 11.9 Å². The van der Waals surface area contributed by atoms with Crippen molar-refractivity contribution in [3.05, 3.63) is 11.7 Å². The van der Waals surface area contributed by atoms with Gasteiger partial charge in [0.05, 0.1) is 6.54 Å². The molecule has 0 bridgehead atoms. The van der Waals surface area contributed by atoms with Gasteiger partial charge >= 0.3 is 5.96 Å². The van der Waals surface area contributed by atoms with Crippen LogP contribution in [0.1, 0.15) is 102 Å². The predicted molar refractivity (Wildman–Crippen MR) is 100 cm³/mol. The van der Waals surface area contributed by atoms with Crippen LogP contribution in [0.5, 0.6) is 0 Å². The zero-order chi connectivity index (χ0) is 17.9. The van der Waals surface area contributed by atoms with Crippen molar-refractivity contribution in [1.82, 2.24) is 10.1 Å². The Morgan fingerprint density at radius 1 is 1.04 bits per heavy atom. The van der Waals surface area contributed by atoms with Crippen LogP contribution < -0.4 is 11.5 Å². The molecule has 0 amide bonds. The van der Waals surface area contributed by atoms with Gasteiger partial charge in [-0.15, -0.1) is 0 Å². The maximum Gasteiger partial charge on any atom is 0.341 e. The van der Waals surface area contributed by atoms with E-state index in [1.165, 1.54) is 57.8 Å². The van der Waals surface area contributed by atoms with Gasteiger partial charge in [-0.1, -0.05) is 69.9 Å². The standard InChI is InChI=1S/C19H35N5O/c1-2-3-4-5-6-7-8-9-10-11-14-17-22-18(25-23-17)16-13-12-15-24(16)19(20)21/h16H,2-15H2,1H3,(H3,20,21)/p+1/t16-/m0/s1. The molecule has 6 heteroatoms. The molecular weight excluding hydrogens is 314 g/mol. The first-order valence-electron chi connectivity index (χ1n) is 10.2. The molecule has 2 heterocycles. The highest BCUT2D eigenvalue weighted by Crippen LogP contribution is 2.27. The van der Waals surface area contributed by atoms with Gasteiger partial charge in [-0.25, -0.2) is 0 Å². The topological polar surface area (TPSA) is 94.0 Å². The molecule has 0 unspecified atom stereocenters. The Morgan fingerprint density at radius 2 is 1.68 bits per heavy atom. The van der Waals surface area contributed by atoms with Crippen LogP contribution in [0.3, 0.4) is 0 Å². The lowest BCUT2D eigenvalue weighted by Gasteiger charge is -2.06. The third kappa shape index (κ3) is 6.67.